The molecule has 1 aromatic heterocycles. The van der Waals surface area contributed by atoms with Gasteiger partial charge in [0.2, 0.25) is 11.7 Å². The molecule has 2 fully saturated rings. The Morgan fingerprint density at radius 1 is 0.974 bits per heavy atom. The van der Waals surface area contributed by atoms with Crippen molar-refractivity contribution < 1.29 is 32.7 Å². The molecule has 212 valence electrons. The Labute approximate surface area is 224 Å². The van der Waals surface area contributed by atoms with Crippen molar-refractivity contribution in [3.63, 3.8) is 0 Å². The molecule has 2 N–H and O–H groups in total. The first-order valence-corrected chi connectivity index (χ1v) is 13.2. The number of nitrogens with zero attached hydrogens (tertiary/aromatic N) is 5. The number of aliphatic carboxylic acids is 1. The molecule has 1 aliphatic carbocycles. The van der Waals surface area contributed by atoms with Gasteiger partial charge in [0, 0.05) is 39.3 Å². The van der Waals surface area contributed by atoms with E-state index < -0.39 is 12.1 Å². The lowest BCUT2D eigenvalue weighted by atomic mass is 9.89. The minimum Gasteiger partial charge on any atom is -0.475 e. The fraction of sp³-hybridized carbons (Fsp3) is 0.577. The number of amides is 2. The highest BCUT2D eigenvalue weighted by Gasteiger charge is 2.39. The number of hydrogen-bond acceptors (Lipinski definition) is 6. The van der Waals surface area contributed by atoms with Crippen LogP contribution in [0.4, 0.5) is 13.2 Å². The lowest BCUT2D eigenvalue weighted by molar-refractivity contribution is -0.192. The third-order valence-corrected chi connectivity index (χ3v) is 7.45. The summed E-state index contributed by atoms with van der Waals surface area (Å²) in [6, 6.07) is 9.86. The van der Waals surface area contributed by atoms with Crippen LogP contribution in [-0.4, -0.2) is 86.4 Å². The number of fused-ring (bicyclic) bond motifs is 3. The molecule has 1 saturated carbocycles. The Balaban J connectivity index is 0.000000448. The molecule has 0 spiro atoms. The summed E-state index contributed by atoms with van der Waals surface area (Å²) in [7, 11) is 0. The van der Waals surface area contributed by atoms with Gasteiger partial charge in [0.25, 0.3) is 5.91 Å². The van der Waals surface area contributed by atoms with E-state index in [1.807, 2.05) is 39.8 Å². The maximum Gasteiger partial charge on any atom is 0.490 e. The lowest BCUT2D eigenvalue weighted by Gasteiger charge is -2.43. The quantitative estimate of drug-likeness (QED) is 0.587. The first kappa shape index (κ1) is 28.5. The number of carbonyl (C=O) groups is 3. The maximum absolute atomic E-state index is 12.9. The van der Waals surface area contributed by atoms with Gasteiger partial charge in [0.15, 0.2) is 5.82 Å². The van der Waals surface area contributed by atoms with Gasteiger partial charge < -0.3 is 19.9 Å². The van der Waals surface area contributed by atoms with Crippen LogP contribution in [0, 0.1) is 5.92 Å². The van der Waals surface area contributed by atoms with Crippen molar-refractivity contribution in [3.05, 3.63) is 47.5 Å². The van der Waals surface area contributed by atoms with Crippen molar-refractivity contribution in [1.82, 2.24) is 29.9 Å². The summed E-state index contributed by atoms with van der Waals surface area (Å²) in [5, 5.41) is 18.9. The third kappa shape index (κ3) is 7.34. The molecule has 3 aliphatic rings. The molecule has 1 unspecified atom stereocenters. The summed E-state index contributed by atoms with van der Waals surface area (Å²) < 4.78 is 33.7. The zero-order chi connectivity index (χ0) is 28.0. The Bertz CT molecular complexity index is 1150. The summed E-state index contributed by atoms with van der Waals surface area (Å²) in [4.78, 5) is 38.9. The van der Waals surface area contributed by atoms with Crippen molar-refractivity contribution in [2.45, 2.75) is 57.3 Å². The zero-order valence-corrected chi connectivity index (χ0v) is 21.6. The summed E-state index contributed by atoms with van der Waals surface area (Å²) >= 11 is 0. The molecule has 1 saturated heterocycles. The number of rotatable bonds is 5. The van der Waals surface area contributed by atoms with Crippen LogP contribution in [0.2, 0.25) is 0 Å². The fourth-order valence-electron chi connectivity index (χ4n) is 5.33. The van der Waals surface area contributed by atoms with Crippen LogP contribution in [-0.2, 0) is 22.6 Å². The molecule has 0 bridgehead atoms. The normalized spacial score (nSPS) is 19.8. The predicted octanol–water partition coefficient (Wildman–Crippen LogP) is 2.66. The Kier molecular flexibility index (Phi) is 9.20. The number of hydrogen-bond donors (Lipinski definition) is 2. The zero-order valence-electron chi connectivity index (χ0n) is 21.6. The van der Waals surface area contributed by atoms with Crippen LogP contribution in [0.1, 0.15) is 60.2 Å². The molecule has 0 radical (unpaired) electrons. The topological polar surface area (TPSA) is 121 Å². The fourth-order valence-corrected chi connectivity index (χ4v) is 5.33. The van der Waals surface area contributed by atoms with Crippen LogP contribution >= 0.6 is 0 Å². The van der Waals surface area contributed by atoms with E-state index in [1.165, 1.54) is 32.1 Å². The molecule has 10 nitrogen and oxygen atoms in total. The van der Waals surface area contributed by atoms with Gasteiger partial charge in [-0.3, -0.25) is 14.5 Å². The number of carbonyl (C=O) groups excluding carboxylic acids is 2. The molecule has 2 aliphatic heterocycles. The van der Waals surface area contributed by atoms with Crippen molar-refractivity contribution in [2.24, 2.45) is 5.92 Å². The minimum atomic E-state index is -5.08. The van der Waals surface area contributed by atoms with Crippen LogP contribution in [0.3, 0.4) is 0 Å². The largest absolute Gasteiger partial charge is 0.490 e. The van der Waals surface area contributed by atoms with Gasteiger partial charge in [-0.15, -0.1) is 10.2 Å². The molecular formula is C26H33F3N6O4. The molecular weight excluding hydrogens is 517 g/mol. The number of carboxylic acid groups (broad SMARTS) is 1. The van der Waals surface area contributed by atoms with Crippen LogP contribution < -0.4 is 5.32 Å². The molecule has 1 aromatic carbocycles. The van der Waals surface area contributed by atoms with Crippen LogP contribution in [0.15, 0.2) is 30.3 Å². The molecule has 1 atom stereocenters. The maximum atomic E-state index is 12.9. The van der Waals surface area contributed by atoms with Crippen molar-refractivity contribution >= 4 is 17.8 Å². The number of carboxylic acids is 1. The van der Waals surface area contributed by atoms with Gasteiger partial charge in [-0.25, -0.2) is 4.79 Å². The second-order valence-electron chi connectivity index (χ2n) is 10.1. The SMILES string of the molecule is O=C(NCC1CCCCC1)c1nnc2n1CCN1CCN(C(=O)Cc3ccccc3)CC21.O=C(O)C(F)(F)F. The Morgan fingerprint density at radius 2 is 1.64 bits per heavy atom. The minimum absolute atomic E-state index is 0.00961. The van der Waals surface area contributed by atoms with E-state index in [1.54, 1.807) is 0 Å². The van der Waals surface area contributed by atoms with Crippen LogP contribution in [0.25, 0.3) is 0 Å². The summed E-state index contributed by atoms with van der Waals surface area (Å²) in [6.07, 6.45) is 1.56. The lowest BCUT2D eigenvalue weighted by Crippen LogP contribution is -2.54. The molecule has 2 aromatic rings. The Hall–Kier alpha value is -3.48. The highest BCUT2D eigenvalue weighted by atomic mass is 19.4. The number of alkyl halides is 3. The molecule has 5 rings (SSSR count). The second-order valence-corrected chi connectivity index (χ2v) is 10.1. The van der Waals surface area contributed by atoms with Crippen LogP contribution in [0.5, 0.6) is 0 Å². The van der Waals surface area contributed by atoms with Gasteiger partial charge in [0.1, 0.15) is 0 Å². The Morgan fingerprint density at radius 3 is 2.31 bits per heavy atom. The van der Waals surface area contributed by atoms with Gasteiger partial charge in [0.05, 0.1) is 12.5 Å². The van der Waals surface area contributed by atoms with E-state index in [2.05, 4.69) is 20.4 Å². The number of piperazine rings is 1. The predicted molar refractivity (Wildman–Crippen MR) is 134 cm³/mol. The first-order valence-electron chi connectivity index (χ1n) is 13.2. The van der Waals surface area contributed by atoms with E-state index in [4.69, 9.17) is 9.90 Å². The van der Waals surface area contributed by atoms with E-state index in [0.29, 0.717) is 31.3 Å². The van der Waals surface area contributed by atoms with Crippen molar-refractivity contribution in [1.29, 1.82) is 0 Å². The average Bonchev–Trinajstić information content (AvgIpc) is 3.37. The highest BCUT2D eigenvalue weighted by Crippen LogP contribution is 2.29. The second kappa shape index (κ2) is 12.6. The van der Waals surface area contributed by atoms with E-state index in [-0.39, 0.29) is 17.9 Å². The summed E-state index contributed by atoms with van der Waals surface area (Å²) in [5.74, 6) is -0.963. The average molecular weight is 551 g/mol. The standard InChI is InChI=1S/C24H32N6O2.C2HF3O2/c31-21(15-18-7-3-1-4-8-18)29-12-11-28-13-14-30-22(20(28)17-29)26-27-23(30)24(32)25-16-19-9-5-2-6-10-19;3-2(4,5)1(6)7/h1,3-4,7-8,19-20H,2,5-6,9-17H2,(H,25,32);(H,6,7). The smallest absolute Gasteiger partial charge is 0.475 e. The van der Waals surface area contributed by atoms with E-state index >= 15 is 0 Å². The highest BCUT2D eigenvalue weighted by molar-refractivity contribution is 5.90. The van der Waals surface area contributed by atoms with Gasteiger partial charge in [-0.2, -0.15) is 13.2 Å². The first-order chi connectivity index (χ1) is 18.6. The van der Waals surface area contributed by atoms with Gasteiger partial charge >= 0.3 is 12.1 Å². The molecule has 2 amide bonds. The van der Waals surface area contributed by atoms with Gasteiger partial charge in [-0.1, -0.05) is 49.6 Å². The number of benzene rings is 1. The van der Waals surface area contributed by atoms with Crippen molar-refractivity contribution in [3.8, 4) is 0 Å². The van der Waals surface area contributed by atoms with Gasteiger partial charge in [-0.05, 0) is 24.3 Å². The third-order valence-electron chi connectivity index (χ3n) is 7.45. The number of nitrogens with one attached hydrogen (secondary N) is 1. The summed E-state index contributed by atoms with van der Waals surface area (Å²) in [6.45, 7) is 4.42. The molecule has 3 heterocycles. The molecule has 39 heavy (non-hydrogen) atoms. The monoisotopic (exact) mass is 550 g/mol. The number of halogens is 3. The van der Waals surface area contributed by atoms with E-state index in [0.717, 1.165) is 37.6 Å². The summed E-state index contributed by atoms with van der Waals surface area (Å²) in [5.41, 5.74) is 1.03. The van der Waals surface area contributed by atoms with E-state index in [9.17, 15) is 22.8 Å². The number of aromatic nitrogens is 3. The van der Waals surface area contributed by atoms with Crippen molar-refractivity contribution in [2.75, 3.05) is 32.7 Å². The molecule has 13 heteroatoms.